The van der Waals surface area contributed by atoms with Crippen molar-refractivity contribution in [1.29, 1.82) is 0 Å². The molecule has 0 unspecified atom stereocenters. The predicted molar refractivity (Wildman–Crippen MR) is 227 cm³/mol. The number of aliphatic carboxylic acids is 1. The van der Waals surface area contributed by atoms with Crippen LogP contribution in [0.3, 0.4) is 0 Å². The van der Waals surface area contributed by atoms with Gasteiger partial charge in [0.2, 0.25) is 17.7 Å². The number of amides is 4. The second-order valence-electron chi connectivity index (χ2n) is 15.8. The zero-order valence-electron chi connectivity index (χ0n) is 35.0. The molecule has 4 aromatic rings. The molecule has 61 heavy (non-hydrogen) atoms. The molecule has 17 heteroatoms. The van der Waals surface area contributed by atoms with Crippen LogP contribution in [0.15, 0.2) is 67.0 Å². The summed E-state index contributed by atoms with van der Waals surface area (Å²) in [6.07, 6.45) is 3.48. The lowest BCUT2D eigenvalue weighted by Gasteiger charge is -2.30. The van der Waals surface area contributed by atoms with E-state index in [4.69, 9.17) is 20.9 Å². The van der Waals surface area contributed by atoms with Gasteiger partial charge in [-0.25, -0.2) is 14.8 Å². The number of aromatic nitrogens is 2. The summed E-state index contributed by atoms with van der Waals surface area (Å²) in [5, 5.41) is 29.4. The van der Waals surface area contributed by atoms with Gasteiger partial charge in [-0.05, 0) is 79.2 Å². The minimum absolute atomic E-state index is 0.0314. The maximum absolute atomic E-state index is 14.3. The summed E-state index contributed by atoms with van der Waals surface area (Å²) in [5.74, 6) is -3.92. The Bertz CT molecular complexity index is 2230. The zero-order valence-corrected chi connectivity index (χ0v) is 35.0. The molecule has 1 aromatic heterocycles. The number of nitrogens with two attached hydrogens (primary N) is 2. The molecule has 17 nitrogen and oxygen atoms in total. The summed E-state index contributed by atoms with van der Waals surface area (Å²) >= 11 is 0. The lowest BCUT2D eigenvalue weighted by Crippen LogP contribution is -2.53. The van der Waals surface area contributed by atoms with Crippen molar-refractivity contribution in [2.75, 3.05) is 39.9 Å². The summed E-state index contributed by atoms with van der Waals surface area (Å²) in [6.45, 7) is 8.09. The highest BCUT2D eigenvalue weighted by molar-refractivity contribution is 5.98. The van der Waals surface area contributed by atoms with Crippen molar-refractivity contribution in [2.24, 2.45) is 11.5 Å². The van der Waals surface area contributed by atoms with Crippen molar-refractivity contribution in [2.45, 2.75) is 70.5 Å². The number of benzene rings is 3. The van der Waals surface area contributed by atoms with Crippen LogP contribution in [-0.2, 0) is 31.0 Å². The third-order valence-corrected chi connectivity index (χ3v) is 10.1. The van der Waals surface area contributed by atoms with Gasteiger partial charge in [-0.1, -0.05) is 51.1 Å². The number of carbonyl (C=O) groups is 5. The number of hydrogen-bond acceptors (Lipinski definition) is 12. The molecule has 1 aliphatic heterocycles. The number of carboxylic acids is 1. The van der Waals surface area contributed by atoms with Crippen LogP contribution in [0.2, 0.25) is 0 Å². The number of aromatic hydroxyl groups is 1. The minimum Gasteiger partial charge on any atom is -0.504 e. The van der Waals surface area contributed by atoms with Gasteiger partial charge in [0.15, 0.2) is 17.3 Å². The largest absolute Gasteiger partial charge is 0.504 e. The standard InChI is InChI=1S/C44H54N8O9/c1-25-40(55)51-33(43(58)59)19-26-8-13-34(60-16-6-14-45)31(18-26)32-20-28(21-35(38(32)54)61-17-7-15-46)37(42(57)50-25)52(5)36(53)24-49-41(56)29-22-47-39(48-23-29)27-9-11-30(12-10-27)44(2,3)4/h8-13,18,20-23,25,33,37,54H,6-7,14-17,19,24,45-46H2,1-5H3,(H,49,56)(H,50,57)(H,51,55)(H,58,59)/t25-,33-,37-/m0/s1. The first kappa shape index (κ1) is 45.5. The van der Waals surface area contributed by atoms with E-state index >= 15 is 0 Å². The maximum Gasteiger partial charge on any atom is 0.326 e. The summed E-state index contributed by atoms with van der Waals surface area (Å²) in [6, 6.07) is 11.5. The van der Waals surface area contributed by atoms with Crippen LogP contribution >= 0.6 is 0 Å². The number of ether oxygens (including phenoxy) is 2. The third kappa shape index (κ3) is 11.4. The summed E-state index contributed by atoms with van der Waals surface area (Å²) in [5.41, 5.74) is 14.5. The Morgan fingerprint density at radius 2 is 1.52 bits per heavy atom. The molecule has 3 atom stereocenters. The number of likely N-dealkylation sites (N-methyl/N-ethyl adjacent to an activating group) is 1. The quantitative estimate of drug-likeness (QED) is 0.0903. The average Bonchev–Trinajstić information content (AvgIpc) is 3.23. The van der Waals surface area contributed by atoms with Gasteiger partial charge < -0.3 is 52.0 Å². The van der Waals surface area contributed by atoms with Crippen LogP contribution in [0.5, 0.6) is 17.2 Å². The molecule has 4 amide bonds. The first-order chi connectivity index (χ1) is 29.0. The molecule has 4 bridgehead atoms. The van der Waals surface area contributed by atoms with Gasteiger partial charge in [-0.3, -0.25) is 19.2 Å². The van der Waals surface area contributed by atoms with Gasteiger partial charge in [-0.15, -0.1) is 0 Å². The average molecular weight is 839 g/mol. The van der Waals surface area contributed by atoms with Crippen LogP contribution < -0.4 is 36.9 Å². The van der Waals surface area contributed by atoms with Crippen LogP contribution in [0.25, 0.3) is 22.5 Å². The Kier molecular flexibility index (Phi) is 15.0. The monoisotopic (exact) mass is 838 g/mol. The first-order valence-electron chi connectivity index (χ1n) is 20.0. The molecular weight excluding hydrogens is 785 g/mol. The second-order valence-corrected chi connectivity index (χ2v) is 15.8. The number of phenols is 1. The molecule has 5 rings (SSSR count). The minimum atomic E-state index is -1.48. The van der Waals surface area contributed by atoms with Gasteiger partial charge in [0.05, 0.1) is 25.3 Å². The number of hydrogen-bond donors (Lipinski definition) is 7. The van der Waals surface area contributed by atoms with Crippen molar-refractivity contribution in [3.8, 4) is 39.8 Å². The molecule has 0 aliphatic carbocycles. The van der Waals surface area contributed by atoms with E-state index in [1.165, 1.54) is 38.5 Å². The lowest BCUT2D eigenvalue weighted by molar-refractivity contribution is -0.142. The summed E-state index contributed by atoms with van der Waals surface area (Å²) in [7, 11) is 1.35. The molecule has 0 radical (unpaired) electrons. The van der Waals surface area contributed by atoms with Crippen LogP contribution in [0, 0.1) is 0 Å². The summed E-state index contributed by atoms with van der Waals surface area (Å²) < 4.78 is 12.0. The Morgan fingerprint density at radius 1 is 0.885 bits per heavy atom. The SMILES string of the molecule is C[C@@H]1NC(=O)[C@@H](N(C)C(=O)CNC(=O)c2cnc(-c3ccc(C(C)(C)C)cc3)nc2)c2cc(OCCCN)c(O)c(c2)-c2cc(ccc2OCCCN)C[C@@H](C(=O)O)NC1=O. The number of carbonyl (C=O) groups excluding carboxylic acids is 4. The van der Waals surface area contributed by atoms with Crippen molar-refractivity contribution in [1.82, 2.24) is 30.8 Å². The van der Waals surface area contributed by atoms with E-state index in [2.05, 4.69) is 46.7 Å². The maximum atomic E-state index is 14.3. The smallest absolute Gasteiger partial charge is 0.326 e. The molecule has 0 spiro atoms. The fraction of sp³-hybridized carbons (Fsp3) is 0.386. The second kappa shape index (κ2) is 20.1. The highest BCUT2D eigenvalue weighted by Gasteiger charge is 2.34. The predicted octanol–water partition coefficient (Wildman–Crippen LogP) is 2.83. The molecule has 0 fully saturated rings. The molecule has 0 saturated carbocycles. The fourth-order valence-electron chi connectivity index (χ4n) is 6.56. The summed E-state index contributed by atoms with van der Waals surface area (Å²) in [4.78, 5) is 77.0. The van der Waals surface area contributed by atoms with Crippen molar-refractivity contribution in [3.63, 3.8) is 0 Å². The lowest BCUT2D eigenvalue weighted by atomic mass is 9.87. The van der Waals surface area contributed by atoms with Crippen LogP contribution in [0.1, 0.15) is 73.6 Å². The molecular formula is C44H54N8O9. The number of phenolic OH excluding ortho intramolecular Hbond substituents is 1. The first-order valence-corrected chi connectivity index (χ1v) is 20.0. The number of nitrogens with zero attached hydrogens (tertiary/aromatic N) is 3. The fourth-order valence-corrected chi connectivity index (χ4v) is 6.56. The number of carboxylic acid groups (broad SMARTS) is 1. The Balaban J connectivity index is 1.50. The van der Waals surface area contributed by atoms with Crippen LogP contribution in [0.4, 0.5) is 0 Å². The van der Waals surface area contributed by atoms with Gasteiger partial charge in [0, 0.05) is 42.6 Å². The van der Waals surface area contributed by atoms with E-state index in [9.17, 15) is 34.2 Å². The van der Waals surface area contributed by atoms with Gasteiger partial charge in [0.25, 0.3) is 5.91 Å². The molecule has 324 valence electrons. The molecule has 9 N–H and O–H groups in total. The molecule has 3 aromatic carbocycles. The Morgan fingerprint density at radius 3 is 2.13 bits per heavy atom. The Labute approximate surface area is 354 Å². The molecule has 1 aliphatic rings. The van der Waals surface area contributed by atoms with E-state index < -0.39 is 54.3 Å². The van der Waals surface area contributed by atoms with E-state index in [0.717, 1.165) is 16.0 Å². The number of nitrogens with one attached hydrogen (secondary N) is 3. The van der Waals surface area contributed by atoms with Crippen molar-refractivity contribution < 1.29 is 43.7 Å². The topological polar surface area (TPSA) is 261 Å². The van der Waals surface area contributed by atoms with Gasteiger partial charge >= 0.3 is 5.97 Å². The third-order valence-electron chi connectivity index (χ3n) is 10.1. The number of rotatable bonds is 14. The molecule has 2 heterocycles. The van der Waals surface area contributed by atoms with Gasteiger partial charge in [0.1, 0.15) is 23.9 Å². The zero-order chi connectivity index (χ0) is 44.4. The van der Waals surface area contributed by atoms with E-state index in [1.807, 2.05) is 24.3 Å². The highest BCUT2D eigenvalue weighted by atomic mass is 16.5. The molecule has 0 saturated heterocycles. The van der Waals surface area contributed by atoms with Crippen molar-refractivity contribution in [3.05, 3.63) is 89.2 Å². The van der Waals surface area contributed by atoms with E-state index in [0.29, 0.717) is 42.1 Å². The van der Waals surface area contributed by atoms with Gasteiger partial charge in [-0.2, -0.15) is 0 Å². The van der Waals surface area contributed by atoms with E-state index in [1.54, 1.807) is 18.2 Å². The van der Waals surface area contributed by atoms with E-state index in [-0.39, 0.29) is 59.8 Å². The van der Waals surface area contributed by atoms with Crippen molar-refractivity contribution >= 4 is 29.6 Å². The highest BCUT2D eigenvalue weighted by Crippen LogP contribution is 2.44. The normalized spacial score (nSPS) is 16.7. The number of fused-ring (bicyclic) bond motifs is 5. The Hall–Kier alpha value is -6.59. The van der Waals surface area contributed by atoms with Crippen LogP contribution in [-0.4, -0.2) is 107 Å².